The van der Waals surface area contributed by atoms with Crippen LogP contribution in [0.25, 0.3) is 0 Å². The smallest absolute Gasteiger partial charge is 0.279 e. The molecule has 90 valence electrons. The SMILES string of the molecule is O=C(C1OCCc2ccccc21)N1CCCO1. The van der Waals surface area contributed by atoms with E-state index in [1.807, 2.05) is 18.2 Å². The van der Waals surface area contributed by atoms with Gasteiger partial charge in [-0.25, -0.2) is 5.06 Å². The first-order valence-electron chi connectivity index (χ1n) is 6.00. The molecule has 0 spiro atoms. The van der Waals surface area contributed by atoms with Crippen molar-refractivity contribution in [2.75, 3.05) is 19.8 Å². The maximum atomic E-state index is 12.2. The molecule has 0 bridgehead atoms. The largest absolute Gasteiger partial charge is 0.363 e. The summed E-state index contributed by atoms with van der Waals surface area (Å²) in [6.07, 6.45) is 1.29. The molecule has 0 N–H and O–H groups in total. The van der Waals surface area contributed by atoms with Gasteiger partial charge in [-0.05, 0) is 24.0 Å². The molecule has 0 aromatic heterocycles. The number of ether oxygens (including phenoxy) is 1. The first-order valence-corrected chi connectivity index (χ1v) is 6.00. The van der Waals surface area contributed by atoms with Crippen LogP contribution in [0.5, 0.6) is 0 Å². The minimum Gasteiger partial charge on any atom is -0.363 e. The number of carbonyl (C=O) groups excluding carboxylic acids is 1. The van der Waals surface area contributed by atoms with Gasteiger partial charge in [-0.1, -0.05) is 24.3 Å². The number of rotatable bonds is 1. The Morgan fingerprint density at radius 2 is 2.18 bits per heavy atom. The number of carbonyl (C=O) groups is 1. The van der Waals surface area contributed by atoms with Crippen LogP contribution in [-0.4, -0.2) is 30.7 Å². The molecule has 1 unspecified atom stereocenters. The predicted octanol–water partition coefficient (Wildman–Crippen LogP) is 1.46. The van der Waals surface area contributed by atoms with Crippen LogP contribution in [-0.2, 0) is 20.8 Å². The fraction of sp³-hybridized carbons (Fsp3) is 0.462. The van der Waals surface area contributed by atoms with Gasteiger partial charge in [0.2, 0.25) is 0 Å². The van der Waals surface area contributed by atoms with Gasteiger partial charge in [-0.2, -0.15) is 0 Å². The highest BCUT2D eigenvalue weighted by Gasteiger charge is 2.32. The minimum atomic E-state index is -0.488. The summed E-state index contributed by atoms with van der Waals surface area (Å²) in [4.78, 5) is 17.5. The Balaban J connectivity index is 1.86. The Bertz CT molecular complexity index is 426. The van der Waals surface area contributed by atoms with Crippen molar-refractivity contribution >= 4 is 5.91 Å². The van der Waals surface area contributed by atoms with Crippen LogP contribution in [0.15, 0.2) is 24.3 Å². The zero-order chi connectivity index (χ0) is 11.7. The molecule has 2 aliphatic rings. The monoisotopic (exact) mass is 233 g/mol. The second-order valence-electron chi connectivity index (χ2n) is 4.33. The van der Waals surface area contributed by atoms with Crippen molar-refractivity contribution in [2.24, 2.45) is 0 Å². The van der Waals surface area contributed by atoms with E-state index in [1.54, 1.807) is 0 Å². The summed E-state index contributed by atoms with van der Waals surface area (Å²) in [5.74, 6) is -0.0744. The zero-order valence-corrected chi connectivity index (χ0v) is 9.59. The summed E-state index contributed by atoms with van der Waals surface area (Å²) in [5.41, 5.74) is 2.19. The number of hydroxylamine groups is 2. The molecule has 1 saturated heterocycles. The van der Waals surface area contributed by atoms with Crippen molar-refractivity contribution in [2.45, 2.75) is 18.9 Å². The van der Waals surface area contributed by atoms with E-state index < -0.39 is 6.10 Å². The molecule has 3 rings (SSSR count). The van der Waals surface area contributed by atoms with Gasteiger partial charge in [-0.3, -0.25) is 9.63 Å². The van der Waals surface area contributed by atoms with Gasteiger partial charge in [0.15, 0.2) is 6.10 Å². The fourth-order valence-corrected chi connectivity index (χ4v) is 2.35. The Kier molecular flexibility index (Phi) is 2.82. The lowest BCUT2D eigenvalue weighted by atomic mass is 9.97. The molecular formula is C13H15NO3. The molecule has 2 heterocycles. The zero-order valence-electron chi connectivity index (χ0n) is 9.59. The first-order chi connectivity index (χ1) is 8.36. The molecule has 4 heteroatoms. The third-order valence-electron chi connectivity index (χ3n) is 3.22. The van der Waals surface area contributed by atoms with Crippen molar-refractivity contribution < 1.29 is 14.4 Å². The predicted molar refractivity (Wildman–Crippen MR) is 61.1 cm³/mol. The molecule has 1 atom stereocenters. The number of nitrogens with zero attached hydrogens (tertiary/aromatic N) is 1. The number of benzene rings is 1. The molecular weight excluding hydrogens is 218 g/mol. The topological polar surface area (TPSA) is 38.8 Å². The highest BCUT2D eigenvalue weighted by molar-refractivity contribution is 5.82. The van der Waals surface area contributed by atoms with Crippen LogP contribution < -0.4 is 0 Å². The van der Waals surface area contributed by atoms with Crippen LogP contribution in [0.1, 0.15) is 23.7 Å². The van der Waals surface area contributed by atoms with Crippen molar-refractivity contribution in [3.8, 4) is 0 Å². The number of hydrogen-bond acceptors (Lipinski definition) is 3. The summed E-state index contributed by atoms with van der Waals surface area (Å²) in [6, 6.07) is 7.97. The molecule has 0 saturated carbocycles. The third-order valence-corrected chi connectivity index (χ3v) is 3.22. The average molecular weight is 233 g/mol. The van der Waals surface area contributed by atoms with Crippen LogP contribution >= 0.6 is 0 Å². The van der Waals surface area contributed by atoms with E-state index in [1.165, 1.54) is 10.6 Å². The van der Waals surface area contributed by atoms with E-state index in [4.69, 9.17) is 9.57 Å². The highest BCUT2D eigenvalue weighted by Crippen LogP contribution is 2.29. The summed E-state index contributed by atoms with van der Waals surface area (Å²) in [7, 11) is 0. The fourth-order valence-electron chi connectivity index (χ4n) is 2.35. The second-order valence-corrected chi connectivity index (χ2v) is 4.33. The Labute approximate surface area is 100 Å². The summed E-state index contributed by atoms with van der Waals surface area (Å²) < 4.78 is 5.61. The molecule has 1 aromatic rings. The number of amides is 1. The van der Waals surface area contributed by atoms with Gasteiger partial charge in [0.1, 0.15) is 0 Å². The maximum absolute atomic E-state index is 12.2. The van der Waals surface area contributed by atoms with Gasteiger partial charge < -0.3 is 4.74 Å². The average Bonchev–Trinajstić information content (AvgIpc) is 2.91. The van der Waals surface area contributed by atoms with Gasteiger partial charge in [-0.15, -0.1) is 0 Å². The quantitative estimate of drug-likeness (QED) is 0.737. The van der Waals surface area contributed by atoms with Crippen molar-refractivity contribution in [1.29, 1.82) is 0 Å². The summed E-state index contributed by atoms with van der Waals surface area (Å²) in [5, 5.41) is 1.44. The lowest BCUT2D eigenvalue weighted by molar-refractivity contribution is -0.182. The van der Waals surface area contributed by atoms with E-state index in [-0.39, 0.29) is 5.91 Å². The molecule has 2 aliphatic heterocycles. The molecule has 1 fully saturated rings. The summed E-state index contributed by atoms with van der Waals surface area (Å²) >= 11 is 0. The van der Waals surface area contributed by atoms with Crippen molar-refractivity contribution in [3.05, 3.63) is 35.4 Å². The first kappa shape index (κ1) is 10.7. The lowest BCUT2D eigenvalue weighted by Crippen LogP contribution is -2.35. The van der Waals surface area contributed by atoms with Gasteiger partial charge in [0, 0.05) is 0 Å². The van der Waals surface area contributed by atoms with Gasteiger partial charge in [0.05, 0.1) is 19.8 Å². The van der Waals surface area contributed by atoms with Crippen LogP contribution in [0.3, 0.4) is 0 Å². The standard InChI is InChI=1S/C13H15NO3/c15-13(14-7-3-8-17-14)12-11-5-2-1-4-10(11)6-9-16-12/h1-2,4-5,12H,3,6-9H2. The van der Waals surface area contributed by atoms with Crippen molar-refractivity contribution in [1.82, 2.24) is 5.06 Å². The maximum Gasteiger partial charge on any atom is 0.279 e. The van der Waals surface area contributed by atoms with E-state index in [0.29, 0.717) is 19.8 Å². The van der Waals surface area contributed by atoms with E-state index in [2.05, 4.69) is 6.07 Å². The number of hydrogen-bond donors (Lipinski definition) is 0. The van der Waals surface area contributed by atoms with E-state index in [0.717, 1.165) is 18.4 Å². The Hall–Kier alpha value is -1.39. The Morgan fingerprint density at radius 3 is 3.00 bits per heavy atom. The van der Waals surface area contributed by atoms with Gasteiger partial charge in [0.25, 0.3) is 5.91 Å². The molecule has 0 aliphatic carbocycles. The van der Waals surface area contributed by atoms with Crippen LogP contribution in [0, 0.1) is 0 Å². The van der Waals surface area contributed by atoms with E-state index >= 15 is 0 Å². The minimum absolute atomic E-state index is 0.0744. The normalized spacial score (nSPS) is 23.5. The van der Waals surface area contributed by atoms with E-state index in [9.17, 15) is 4.79 Å². The number of fused-ring (bicyclic) bond motifs is 1. The molecule has 4 nitrogen and oxygen atoms in total. The molecule has 1 amide bonds. The summed E-state index contributed by atoms with van der Waals surface area (Å²) in [6.45, 7) is 1.89. The lowest BCUT2D eigenvalue weighted by Gasteiger charge is -2.27. The van der Waals surface area contributed by atoms with Crippen LogP contribution in [0.4, 0.5) is 0 Å². The molecule has 1 aromatic carbocycles. The molecule has 0 radical (unpaired) electrons. The highest BCUT2D eigenvalue weighted by atomic mass is 16.7. The van der Waals surface area contributed by atoms with Gasteiger partial charge >= 0.3 is 0 Å². The molecule has 17 heavy (non-hydrogen) atoms. The van der Waals surface area contributed by atoms with Crippen LogP contribution in [0.2, 0.25) is 0 Å². The third kappa shape index (κ3) is 1.94. The second kappa shape index (κ2) is 4.47. The Morgan fingerprint density at radius 1 is 1.29 bits per heavy atom. The van der Waals surface area contributed by atoms with Crippen molar-refractivity contribution in [3.63, 3.8) is 0 Å².